The number of amides is 1. The highest BCUT2D eigenvalue weighted by molar-refractivity contribution is 6.33. The van der Waals surface area contributed by atoms with Crippen LogP contribution >= 0.6 is 11.6 Å². The molecule has 0 aromatic heterocycles. The van der Waals surface area contributed by atoms with Crippen molar-refractivity contribution in [2.45, 2.75) is 0 Å². The van der Waals surface area contributed by atoms with Crippen LogP contribution < -0.4 is 16.8 Å². The molecule has 2 rings (SSSR count). The van der Waals surface area contributed by atoms with Gasteiger partial charge in [0.25, 0.3) is 5.91 Å². The lowest BCUT2D eigenvalue weighted by molar-refractivity contribution is 0.100. The summed E-state index contributed by atoms with van der Waals surface area (Å²) in [5.41, 5.74) is 13.2. The van der Waals surface area contributed by atoms with E-state index in [-0.39, 0.29) is 5.56 Å². The number of carbonyl (C=O) groups is 1. The van der Waals surface area contributed by atoms with E-state index in [2.05, 4.69) is 5.32 Å². The molecule has 0 spiro atoms. The molecule has 0 saturated carbocycles. The highest BCUT2D eigenvalue weighted by atomic mass is 35.5. The van der Waals surface area contributed by atoms with Crippen molar-refractivity contribution in [3.8, 4) is 6.07 Å². The molecule has 2 aromatic rings. The molecule has 0 radical (unpaired) electrons. The first kappa shape index (κ1) is 13.7. The topological polar surface area (TPSA) is 105 Å². The summed E-state index contributed by atoms with van der Waals surface area (Å²) in [5.74, 6) is -0.600. The molecular formula is C14H11ClN4O. The molecule has 20 heavy (non-hydrogen) atoms. The normalized spacial score (nSPS) is 9.80. The Morgan fingerprint density at radius 1 is 1.25 bits per heavy atom. The Bertz CT molecular complexity index is 722. The Kier molecular flexibility index (Phi) is 3.78. The van der Waals surface area contributed by atoms with Gasteiger partial charge in [0, 0.05) is 11.4 Å². The zero-order valence-corrected chi connectivity index (χ0v) is 11.1. The van der Waals surface area contributed by atoms with E-state index in [0.29, 0.717) is 27.6 Å². The predicted octanol–water partition coefficient (Wildman–Crippen LogP) is 2.64. The van der Waals surface area contributed by atoms with Crippen LogP contribution in [0.2, 0.25) is 5.02 Å². The minimum absolute atomic E-state index is 0.236. The second-order valence-corrected chi connectivity index (χ2v) is 4.50. The summed E-state index contributed by atoms with van der Waals surface area (Å²) in [6, 6.07) is 11.7. The molecule has 0 unspecified atom stereocenters. The molecule has 0 fully saturated rings. The lowest BCUT2D eigenvalue weighted by atomic mass is 10.1. The molecule has 0 aliphatic rings. The maximum absolute atomic E-state index is 11.2. The van der Waals surface area contributed by atoms with Gasteiger partial charge in [-0.15, -0.1) is 0 Å². The number of benzene rings is 2. The second kappa shape index (κ2) is 5.51. The highest BCUT2D eigenvalue weighted by Gasteiger charge is 2.08. The van der Waals surface area contributed by atoms with Crippen LogP contribution in [0.4, 0.5) is 17.1 Å². The highest BCUT2D eigenvalue weighted by Crippen LogP contribution is 2.27. The molecule has 0 heterocycles. The van der Waals surface area contributed by atoms with Crippen LogP contribution in [0.3, 0.4) is 0 Å². The van der Waals surface area contributed by atoms with E-state index in [0.717, 1.165) is 0 Å². The number of halogens is 1. The monoisotopic (exact) mass is 286 g/mol. The first-order chi connectivity index (χ1) is 9.51. The largest absolute Gasteiger partial charge is 0.398 e. The van der Waals surface area contributed by atoms with Gasteiger partial charge in [-0.25, -0.2) is 0 Å². The van der Waals surface area contributed by atoms with Crippen LogP contribution in [-0.4, -0.2) is 5.91 Å². The number of nitrogens with one attached hydrogen (secondary N) is 1. The van der Waals surface area contributed by atoms with Gasteiger partial charge in [0.05, 0.1) is 27.9 Å². The van der Waals surface area contributed by atoms with E-state index in [9.17, 15) is 4.79 Å². The number of nitrogens with two attached hydrogens (primary N) is 2. The lowest BCUT2D eigenvalue weighted by Crippen LogP contribution is -2.13. The molecular weight excluding hydrogens is 276 g/mol. The van der Waals surface area contributed by atoms with Gasteiger partial charge in [-0.05, 0) is 36.4 Å². The maximum Gasteiger partial charge on any atom is 0.250 e. The summed E-state index contributed by atoms with van der Waals surface area (Å²) in [6.45, 7) is 0. The molecule has 0 aliphatic heterocycles. The average molecular weight is 287 g/mol. The minimum Gasteiger partial charge on any atom is -0.398 e. The van der Waals surface area contributed by atoms with E-state index in [4.69, 9.17) is 28.3 Å². The zero-order valence-electron chi connectivity index (χ0n) is 10.4. The molecule has 2 aromatic carbocycles. The number of nitriles is 1. The number of rotatable bonds is 3. The predicted molar refractivity (Wildman–Crippen MR) is 78.8 cm³/mol. The number of primary amides is 1. The summed E-state index contributed by atoms with van der Waals surface area (Å²) >= 11 is 6.06. The van der Waals surface area contributed by atoms with Crippen LogP contribution in [0.15, 0.2) is 36.4 Å². The summed E-state index contributed by atoms with van der Waals surface area (Å²) in [4.78, 5) is 11.2. The lowest BCUT2D eigenvalue weighted by Gasteiger charge is -2.10. The quantitative estimate of drug-likeness (QED) is 0.754. The van der Waals surface area contributed by atoms with Gasteiger partial charge in [0.1, 0.15) is 0 Å². The van der Waals surface area contributed by atoms with E-state index in [1.54, 1.807) is 36.4 Å². The number of nitrogens with zero attached hydrogens (tertiary/aromatic N) is 1. The number of hydrogen-bond donors (Lipinski definition) is 3. The van der Waals surface area contributed by atoms with Crippen molar-refractivity contribution in [3.63, 3.8) is 0 Å². The summed E-state index contributed by atoms with van der Waals surface area (Å²) in [5, 5.41) is 12.2. The summed E-state index contributed by atoms with van der Waals surface area (Å²) in [6.07, 6.45) is 0. The van der Waals surface area contributed by atoms with Crippen LogP contribution in [0.5, 0.6) is 0 Å². The molecule has 6 heteroatoms. The number of carbonyl (C=O) groups excluding carboxylic acids is 1. The Labute approximate surface area is 120 Å². The summed E-state index contributed by atoms with van der Waals surface area (Å²) < 4.78 is 0. The standard InChI is InChI=1S/C14H11ClN4O/c15-11-5-8(7-16)1-4-13(11)19-9-2-3-12(17)10(6-9)14(18)20/h1-6,19H,17H2,(H2,18,20). The van der Waals surface area contributed by atoms with Crippen LogP contribution in [0, 0.1) is 11.3 Å². The Hall–Kier alpha value is -2.71. The van der Waals surface area contributed by atoms with E-state index < -0.39 is 5.91 Å². The van der Waals surface area contributed by atoms with E-state index >= 15 is 0 Å². The molecule has 0 atom stereocenters. The third kappa shape index (κ3) is 2.82. The van der Waals surface area contributed by atoms with Crippen molar-refractivity contribution in [2.24, 2.45) is 5.73 Å². The van der Waals surface area contributed by atoms with Crippen LogP contribution in [0.25, 0.3) is 0 Å². The first-order valence-electron chi connectivity index (χ1n) is 5.67. The Morgan fingerprint density at radius 2 is 2.00 bits per heavy atom. The minimum atomic E-state index is -0.600. The zero-order chi connectivity index (χ0) is 14.7. The fourth-order valence-corrected chi connectivity index (χ4v) is 1.92. The third-order valence-electron chi connectivity index (χ3n) is 2.70. The molecule has 0 bridgehead atoms. The van der Waals surface area contributed by atoms with Crippen molar-refractivity contribution < 1.29 is 4.79 Å². The van der Waals surface area contributed by atoms with Crippen molar-refractivity contribution in [1.82, 2.24) is 0 Å². The average Bonchev–Trinajstić information content (AvgIpc) is 2.42. The molecule has 0 aliphatic carbocycles. The maximum atomic E-state index is 11.2. The Morgan fingerprint density at radius 3 is 2.60 bits per heavy atom. The summed E-state index contributed by atoms with van der Waals surface area (Å²) in [7, 11) is 0. The molecule has 5 nitrogen and oxygen atoms in total. The van der Waals surface area contributed by atoms with Gasteiger partial charge in [0.2, 0.25) is 0 Å². The fourth-order valence-electron chi connectivity index (χ4n) is 1.69. The van der Waals surface area contributed by atoms with Crippen molar-refractivity contribution >= 4 is 34.6 Å². The SMILES string of the molecule is N#Cc1ccc(Nc2ccc(N)c(C(N)=O)c2)c(Cl)c1. The van der Waals surface area contributed by atoms with Gasteiger partial charge in [-0.1, -0.05) is 11.6 Å². The fraction of sp³-hybridized carbons (Fsp3) is 0. The smallest absolute Gasteiger partial charge is 0.250 e. The van der Waals surface area contributed by atoms with Crippen molar-refractivity contribution in [1.29, 1.82) is 5.26 Å². The van der Waals surface area contributed by atoms with Crippen molar-refractivity contribution in [3.05, 3.63) is 52.5 Å². The Balaban J connectivity index is 2.33. The third-order valence-corrected chi connectivity index (χ3v) is 3.01. The van der Waals surface area contributed by atoms with E-state index in [1.165, 1.54) is 0 Å². The van der Waals surface area contributed by atoms with Gasteiger partial charge < -0.3 is 16.8 Å². The van der Waals surface area contributed by atoms with Crippen LogP contribution in [-0.2, 0) is 0 Å². The number of hydrogen-bond acceptors (Lipinski definition) is 4. The van der Waals surface area contributed by atoms with Crippen LogP contribution in [0.1, 0.15) is 15.9 Å². The molecule has 100 valence electrons. The van der Waals surface area contributed by atoms with Gasteiger partial charge in [-0.2, -0.15) is 5.26 Å². The molecule has 5 N–H and O–H groups in total. The van der Waals surface area contributed by atoms with Crippen molar-refractivity contribution in [2.75, 3.05) is 11.1 Å². The van der Waals surface area contributed by atoms with Gasteiger partial charge in [0.15, 0.2) is 0 Å². The number of anilines is 3. The van der Waals surface area contributed by atoms with Gasteiger partial charge >= 0.3 is 0 Å². The number of nitrogen functional groups attached to an aromatic ring is 1. The van der Waals surface area contributed by atoms with Gasteiger partial charge in [-0.3, -0.25) is 4.79 Å². The molecule has 0 saturated heterocycles. The van der Waals surface area contributed by atoms with E-state index in [1.807, 2.05) is 6.07 Å². The second-order valence-electron chi connectivity index (χ2n) is 4.10. The first-order valence-corrected chi connectivity index (χ1v) is 6.05. The molecule has 1 amide bonds.